The Bertz CT molecular complexity index is 1080. The fraction of sp³-hybridized carbons (Fsp3) is 0.208. The fourth-order valence-corrected chi connectivity index (χ4v) is 3.87. The van der Waals surface area contributed by atoms with Crippen LogP contribution < -0.4 is 4.74 Å². The van der Waals surface area contributed by atoms with Crippen molar-refractivity contribution < 1.29 is 24.9 Å². The zero-order valence-electron chi connectivity index (χ0n) is 16.6. The molecule has 1 aliphatic rings. The average Bonchev–Trinajstić information content (AvgIpc) is 3.14. The summed E-state index contributed by atoms with van der Waals surface area (Å²) in [6.07, 6.45) is 0. The third kappa shape index (κ3) is 3.46. The Morgan fingerprint density at radius 3 is 2.50 bits per heavy atom. The molecule has 0 saturated carbocycles. The van der Waals surface area contributed by atoms with Gasteiger partial charge in [-0.05, 0) is 23.6 Å². The van der Waals surface area contributed by atoms with Gasteiger partial charge in [0.25, 0.3) is 5.91 Å². The molecule has 3 aromatic carbocycles. The molecule has 0 aromatic heterocycles. The van der Waals surface area contributed by atoms with Crippen LogP contribution >= 0.6 is 0 Å². The van der Waals surface area contributed by atoms with Crippen LogP contribution in [0.4, 0.5) is 0 Å². The number of aromatic hydroxyl groups is 2. The Balaban J connectivity index is 1.71. The summed E-state index contributed by atoms with van der Waals surface area (Å²) < 4.78 is 5.91. The van der Waals surface area contributed by atoms with Crippen LogP contribution in [0.5, 0.6) is 17.2 Å². The predicted octanol–water partition coefficient (Wildman–Crippen LogP) is 3.67. The Labute approximate surface area is 174 Å². The van der Waals surface area contributed by atoms with Crippen LogP contribution in [0.1, 0.15) is 38.7 Å². The van der Waals surface area contributed by atoms with E-state index < -0.39 is 11.9 Å². The molecule has 154 valence electrons. The smallest absolute Gasteiger partial charge is 0.262 e. The summed E-state index contributed by atoms with van der Waals surface area (Å²) in [5, 5.41) is 30.7. The number of carbonyl (C=O) groups is 1. The van der Waals surface area contributed by atoms with Gasteiger partial charge in [0.05, 0.1) is 12.6 Å². The summed E-state index contributed by atoms with van der Waals surface area (Å²) in [7, 11) is 0. The first-order valence-corrected chi connectivity index (χ1v) is 9.73. The molecular weight excluding hydrogens is 382 g/mol. The van der Waals surface area contributed by atoms with E-state index in [4.69, 9.17) is 4.74 Å². The van der Waals surface area contributed by atoms with Crippen LogP contribution in [-0.4, -0.2) is 32.7 Å². The van der Waals surface area contributed by atoms with Gasteiger partial charge in [0, 0.05) is 18.2 Å². The van der Waals surface area contributed by atoms with Gasteiger partial charge in [-0.2, -0.15) is 0 Å². The number of rotatable bonds is 5. The number of ether oxygens (including phenoxy) is 1. The molecule has 1 aliphatic heterocycles. The molecule has 3 N–H and O–H groups in total. The first-order chi connectivity index (χ1) is 14.5. The van der Waals surface area contributed by atoms with E-state index in [1.165, 1.54) is 4.90 Å². The monoisotopic (exact) mass is 405 g/mol. The molecule has 0 spiro atoms. The summed E-state index contributed by atoms with van der Waals surface area (Å²) in [6.45, 7) is 1.89. The van der Waals surface area contributed by atoms with E-state index in [9.17, 15) is 20.1 Å². The first kappa shape index (κ1) is 19.8. The summed E-state index contributed by atoms with van der Waals surface area (Å²) >= 11 is 0. The highest BCUT2D eigenvalue weighted by Crippen LogP contribution is 2.42. The van der Waals surface area contributed by atoms with E-state index in [0.717, 1.165) is 22.8 Å². The van der Waals surface area contributed by atoms with Gasteiger partial charge >= 0.3 is 0 Å². The standard InChI is InChI=1S/C24H23NO5/c1-15-20(27)11-21(28)22(23(15)30-14-16-7-3-2-4-8-16)24(29)25-12-17-9-5-6-10-18(17)19(25)13-26/h2-11,19,26-28H,12-14H2,1H3. The Kier molecular flexibility index (Phi) is 5.33. The molecule has 6 nitrogen and oxygen atoms in total. The van der Waals surface area contributed by atoms with Gasteiger partial charge < -0.3 is 25.0 Å². The number of carbonyl (C=O) groups excluding carboxylic acids is 1. The average molecular weight is 405 g/mol. The minimum Gasteiger partial charge on any atom is -0.507 e. The summed E-state index contributed by atoms with van der Waals surface area (Å²) in [5.41, 5.74) is 3.07. The minimum atomic E-state index is -0.510. The number of nitrogens with zero attached hydrogens (tertiary/aromatic N) is 1. The summed E-state index contributed by atoms with van der Waals surface area (Å²) in [5.74, 6) is -0.850. The van der Waals surface area contributed by atoms with Crippen molar-refractivity contribution in [1.29, 1.82) is 0 Å². The minimum absolute atomic E-state index is 0.0208. The van der Waals surface area contributed by atoms with Gasteiger partial charge in [-0.3, -0.25) is 4.79 Å². The largest absolute Gasteiger partial charge is 0.507 e. The SMILES string of the molecule is Cc1c(O)cc(O)c(C(=O)N2Cc3ccccc3C2CO)c1OCc1ccccc1. The van der Waals surface area contributed by atoms with E-state index in [1.807, 2.05) is 54.6 Å². The van der Waals surface area contributed by atoms with Gasteiger partial charge in [-0.25, -0.2) is 0 Å². The molecule has 0 bridgehead atoms. The Morgan fingerprint density at radius 2 is 1.77 bits per heavy atom. The molecule has 3 aromatic rings. The summed E-state index contributed by atoms with van der Waals surface area (Å²) in [4.78, 5) is 15.0. The van der Waals surface area contributed by atoms with Crippen LogP contribution in [-0.2, 0) is 13.2 Å². The van der Waals surface area contributed by atoms with Gasteiger partial charge in [0.15, 0.2) is 0 Å². The van der Waals surface area contributed by atoms with Crippen LogP contribution in [0, 0.1) is 6.92 Å². The van der Waals surface area contributed by atoms with Crippen LogP contribution in [0.25, 0.3) is 0 Å². The van der Waals surface area contributed by atoms with E-state index >= 15 is 0 Å². The number of hydrogen-bond donors (Lipinski definition) is 3. The second-order valence-corrected chi connectivity index (χ2v) is 7.35. The fourth-order valence-electron chi connectivity index (χ4n) is 3.87. The van der Waals surface area contributed by atoms with Crippen molar-refractivity contribution in [2.75, 3.05) is 6.61 Å². The molecule has 0 saturated heterocycles. The molecule has 1 atom stereocenters. The third-order valence-electron chi connectivity index (χ3n) is 5.49. The van der Waals surface area contributed by atoms with Crippen molar-refractivity contribution in [3.05, 3.63) is 88.5 Å². The zero-order chi connectivity index (χ0) is 21.3. The number of phenols is 2. The van der Waals surface area contributed by atoms with Crippen molar-refractivity contribution in [2.45, 2.75) is 26.1 Å². The molecule has 1 heterocycles. The normalized spacial score (nSPS) is 15.1. The van der Waals surface area contributed by atoms with E-state index in [1.54, 1.807) is 6.92 Å². The lowest BCUT2D eigenvalue weighted by molar-refractivity contribution is 0.0608. The lowest BCUT2D eigenvalue weighted by atomic mass is 10.0. The number of phenolic OH excluding ortho intramolecular Hbond substituents is 2. The Morgan fingerprint density at radius 1 is 1.07 bits per heavy atom. The maximum atomic E-state index is 13.5. The molecular formula is C24H23NO5. The van der Waals surface area contributed by atoms with Crippen molar-refractivity contribution in [3.63, 3.8) is 0 Å². The number of aliphatic hydroxyl groups excluding tert-OH is 1. The Hall–Kier alpha value is -3.51. The maximum Gasteiger partial charge on any atom is 0.262 e. The predicted molar refractivity (Wildman–Crippen MR) is 111 cm³/mol. The molecule has 4 rings (SSSR count). The molecule has 6 heteroatoms. The van der Waals surface area contributed by atoms with E-state index in [0.29, 0.717) is 12.1 Å². The molecule has 0 aliphatic carbocycles. The van der Waals surface area contributed by atoms with E-state index in [-0.39, 0.29) is 36.0 Å². The van der Waals surface area contributed by atoms with Crippen molar-refractivity contribution in [1.82, 2.24) is 4.90 Å². The van der Waals surface area contributed by atoms with Crippen LogP contribution in [0.15, 0.2) is 60.7 Å². The molecule has 0 radical (unpaired) electrons. The highest BCUT2D eigenvalue weighted by molar-refractivity contribution is 6.01. The summed E-state index contributed by atoms with van der Waals surface area (Å²) in [6, 6.07) is 17.6. The van der Waals surface area contributed by atoms with Crippen LogP contribution in [0.3, 0.4) is 0 Å². The zero-order valence-corrected chi connectivity index (χ0v) is 16.6. The highest BCUT2D eigenvalue weighted by atomic mass is 16.5. The third-order valence-corrected chi connectivity index (χ3v) is 5.49. The van der Waals surface area contributed by atoms with Gasteiger partial charge in [0.2, 0.25) is 0 Å². The topological polar surface area (TPSA) is 90.2 Å². The van der Waals surface area contributed by atoms with Gasteiger partial charge in [-0.1, -0.05) is 54.6 Å². The lowest BCUT2D eigenvalue weighted by Crippen LogP contribution is -2.32. The van der Waals surface area contributed by atoms with Crippen molar-refractivity contribution in [3.8, 4) is 17.2 Å². The molecule has 1 amide bonds. The first-order valence-electron chi connectivity index (χ1n) is 9.73. The van der Waals surface area contributed by atoms with Crippen molar-refractivity contribution >= 4 is 5.91 Å². The van der Waals surface area contributed by atoms with Gasteiger partial charge in [-0.15, -0.1) is 0 Å². The number of amides is 1. The van der Waals surface area contributed by atoms with E-state index in [2.05, 4.69) is 0 Å². The van der Waals surface area contributed by atoms with Gasteiger partial charge in [0.1, 0.15) is 29.4 Å². The number of hydrogen-bond acceptors (Lipinski definition) is 5. The quantitative estimate of drug-likeness (QED) is 0.603. The molecule has 0 fully saturated rings. The van der Waals surface area contributed by atoms with Crippen molar-refractivity contribution in [2.24, 2.45) is 0 Å². The maximum absolute atomic E-state index is 13.5. The number of aliphatic hydroxyl groups is 1. The molecule has 30 heavy (non-hydrogen) atoms. The molecule has 1 unspecified atom stereocenters. The lowest BCUT2D eigenvalue weighted by Gasteiger charge is -2.26. The number of fused-ring (bicyclic) bond motifs is 1. The second kappa shape index (κ2) is 8.08. The van der Waals surface area contributed by atoms with Crippen LogP contribution in [0.2, 0.25) is 0 Å². The number of benzene rings is 3. The highest BCUT2D eigenvalue weighted by Gasteiger charge is 2.36. The second-order valence-electron chi connectivity index (χ2n) is 7.35.